The van der Waals surface area contributed by atoms with Gasteiger partial charge in [0.05, 0.1) is 18.8 Å². The molecular formula is C21H27NO3. The third-order valence-electron chi connectivity index (χ3n) is 7.35. The highest BCUT2D eigenvalue weighted by atomic mass is 16.5. The van der Waals surface area contributed by atoms with E-state index in [1.807, 2.05) is 0 Å². The van der Waals surface area contributed by atoms with E-state index in [1.54, 1.807) is 7.11 Å². The van der Waals surface area contributed by atoms with E-state index in [4.69, 9.17) is 9.47 Å². The largest absolute Gasteiger partial charge is 0.497 e. The Morgan fingerprint density at radius 1 is 1.32 bits per heavy atom. The molecule has 4 aliphatic rings. The standard InChI is InChI=1S/C21H27NO3/c1-20-18-12-15-6-7-16(24-2)13-17(15)21(20,8-3-11-25-20)9-10-22(18)19(23)14-4-5-14/h6-7,13-14,18H,3-5,8-12H2,1-2H3/t18-,20+,21+/m1/s1. The topological polar surface area (TPSA) is 38.8 Å². The van der Waals surface area contributed by atoms with E-state index in [9.17, 15) is 4.79 Å². The Bertz CT molecular complexity index is 728. The van der Waals surface area contributed by atoms with E-state index in [0.717, 1.165) is 57.4 Å². The van der Waals surface area contributed by atoms with Crippen molar-refractivity contribution in [1.82, 2.24) is 4.90 Å². The molecule has 0 aromatic heterocycles. The quantitative estimate of drug-likeness (QED) is 0.830. The second kappa shape index (κ2) is 5.23. The zero-order valence-electron chi connectivity index (χ0n) is 15.2. The maximum atomic E-state index is 12.9. The van der Waals surface area contributed by atoms with Crippen molar-refractivity contribution >= 4 is 5.91 Å². The molecule has 0 spiro atoms. The normalized spacial score (nSPS) is 36.4. The molecular weight excluding hydrogens is 314 g/mol. The average Bonchev–Trinajstić information content (AvgIpc) is 3.46. The van der Waals surface area contributed by atoms with Crippen molar-refractivity contribution in [2.45, 2.75) is 62.5 Å². The number of carbonyl (C=O) groups excluding carboxylic acids is 1. The van der Waals surface area contributed by atoms with Crippen LogP contribution < -0.4 is 4.74 Å². The van der Waals surface area contributed by atoms with Gasteiger partial charge in [0.1, 0.15) is 5.75 Å². The van der Waals surface area contributed by atoms with E-state index in [0.29, 0.717) is 5.91 Å². The molecule has 25 heavy (non-hydrogen) atoms. The summed E-state index contributed by atoms with van der Waals surface area (Å²) in [6.45, 7) is 3.95. The number of likely N-dealkylation sites (tertiary alicyclic amines) is 1. The van der Waals surface area contributed by atoms with Gasteiger partial charge in [-0.2, -0.15) is 0 Å². The number of ether oxygens (including phenoxy) is 2. The first-order chi connectivity index (χ1) is 12.1. The van der Waals surface area contributed by atoms with Crippen LogP contribution in [0.4, 0.5) is 0 Å². The monoisotopic (exact) mass is 341 g/mol. The molecule has 2 saturated heterocycles. The minimum atomic E-state index is -0.284. The van der Waals surface area contributed by atoms with Crippen LogP contribution >= 0.6 is 0 Å². The van der Waals surface area contributed by atoms with Gasteiger partial charge in [-0.15, -0.1) is 0 Å². The molecule has 3 fully saturated rings. The molecule has 2 aliphatic heterocycles. The lowest BCUT2D eigenvalue weighted by molar-refractivity contribution is -0.201. The van der Waals surface area contributed by atoms with Gasteiger partial charge in [0, 0.05) is 24.5 Å². The van der Waals surface area contributed by atoms with Crippen molar-refractivity contribution in [2.75, 3.05) is 20.3 Å². The summed E-state index contributed by atoms with van der Waals surface area (Å²) in [4.78, 5) is 15.1. The Kier molecular flexibility index (Phi) is 3.28. The van der Waals surface area contributed by atoms with E-state index >= 15 is 0 Å². The number of benzene rings is 1. The second-order valence-corrected chi connectivity index (χ2v) is 8.44. The molecule has 2 bridgehead atoms. The van der Waals surface area contributed by atoms with Crippen LogP contribution in [0.3, 0.4) is 0 Å². The third kappa shape index (κ3) is 2.00. The van der Waals surface area contributed by atoms with E-state index < -0.39 is 0 Å². The highest BCUT2D eigenvalue weighted by molar-refractivity contribution is 5.82. The van der Waals surface area contributed by atoms with Gasteiger partial charge in [-0.25, -0.2) is 0 Å². The van der Waals surface area contributed by atoms with Gasteiger partial charge in [0.2, 0.25) is 5.91 Å². The molecule has 1 amide bonds. The van der Waals surface area contributed by atoms with Crippen LogP contribution in [0.5, 0.6) is 5.75 Å². The Labute approximate surface area is 149 Å². The fraction of sp³-hybridized carbons (Fsp3) is 0.667. The smallest absolute Gasteiger partial charge is 0.226 e. The first-order valence-electron chi connectivity index (χ1n) is 9.71. The van der Waals surface area contributed by atoms with Crippen LogP contribution in [0.1, 0.15) is 50.2 Å². The maximum absolute atomic E-state index is 12.9. The highest BCUT2D eigenvalue weighted by Gasteiger charge is 2.64. The number of fused-ring (bicyclic) bond motifs is 1. The van der Waals surface area contributed by atoms with Crippen molar-refractivity contribution in [3.05, 3.63) is 29.3 Å². The molecule has 134 valence electrons. The molecule has 0 radical (unpaired) electrons. The van der Waals surface area contributed by atoms with Crippen LogP contribution in [0.2, 0.25) is 0 Å². The SMILES string of the molecule is COc1ccc2c(c1)[C@@]13CCCO[C@@]1(C)[C@@H](C2)N(C(=O)C1CC1)CC3. The first kappa shape index (κ1) is 15.7. The van der Waals surface area contributed by atoms with Gasteiger partial charge in [-0.05, 0) is 68.7 Å². The minimum absolute atomic E-state index is 0.0123. The number of hydrogen-bond acceptors (Lipinski definition) is 3. The van der Waals surface area contributed by atoms with Gasteiger partial charge in [-0.3, -0.25) is 4.79 Å². The number of piperidine rings is 1. The summed E-state index contributed by atoms with van der Waals surface area (Å²) in [5, 5.41) is 0. The Morgan fingerprint density at radius 3 is 2.92 bits per heavy atom. The summed E-state index contributed by atoms with van der Waals surface area (Å²) in [5.41, 5.74) is 2.51. The summed E-state index contributed by atoms with van der Waals surface area (Å²) in [6.07, 6.45) is 6.27. The molecule has 0 unspecified atom stereocenters. The van der Waals surface area contributed by atoms with Crippen molar-refractivity contribution in [2.24, 2.45) is 5.92 Å². The fourth-order valence-corrected chi connectivity index (χ4v) is 5.78. The predicted octanol–water partition coefficient (Wildman–Crippen LogP) is 3.07. The van der Waals surface area contributed by atoms with Crippen LogP contribution in [-0.4, -0.2) is 42.7 Å². The van der Waals surface area contributed by atoms with E-state index in [1.165, 1.54) is 11.1 Å². The zero-order valence-corrected chi connectivity index (χ0v) is 15.2. The molecule has 1 aromatic carbocycles. The number of methoxy groups -OCH3 is 1. The summed E-state index contributed by atoms with van der Waals surface area (Å²) in [6, 6.07) is 6.67. The zero-order chi connectivity index (χ0) is 17.2. The summed E-state index contributed by atoms with van der Waals surface area (Å²) in [5.74, 6) is 1.57. The molecule has 0 N–H and O–H groups in total. The summed E-state index contributed by atoms with van der Waals surface area (Å²) < 4.78 is 12.0. The molecule has 5 rings (SSSR count). The van der Waals surface area contributed by atoms with Gasteiger partial charge >= 0.3 is 0 Å². The van der Waals surface area contributed by atoms with Crippen LogP contribution in [0, 0.1) is 5.92 Å². The summed E-state index contributed by atoms with van der Waals surface area (Å²) in [7, 11) is 1.73. The molecule has 4 nitrogen and oxygen atoms in total. The van der Waals surface area contributed by atoms with Gasteiger partial charge < -0.3 is 14.4 Å². The molecule has 2 heterocycles. The Balaban J connectivity index is 1.65. The Morgan fingerprint density at radius 2 is 2.16 bits per heavy atom. The number of amides is 1. The number of nitrogens with zero attached hydrogens (tertiary/aromatic N) is 1. The second-order valence-electron chi connectivity index (χ2n) is 8.44. The first-order valence-corrected chi connectivity index (χ1v) is 9.71. The van der Waals surface area contributed by atoms with Gasteiger partial charge in [-0.1, -0.05) is 6.07 Å². The molecule has 1 aromatic rings. The Hall–Kier alpha value is -1.55. The molecule has 4 heteroatoms. The maximum Gasteiger partial charge on any atom is 0.226 e. The number of hydrogen-bond donors (Lipinski definition) is 0. The third-order valence-corrected chi connectivity index (χ3v) is 7.35. The fourth-order valence-electron chi connectivity index (χ4n) is 5.78. The van der Waals surface area contributed by atoms with Crippen LogP contribution in [0.15, 0.2) is 18.2 Å². The van der Waals surface area contributed by atoms with Crippen molar-refractivity contribution in [1.29, 1.82) is 0 Å². The molecule has 3 atom stereocenters. The average molecular weight is 341 g/mol. The highest BCUT2D eigenvalue weighted by Crippen LogP contribution is 2.58. The minimum Gasteiger partial charge on any atom is -0.497 e. The van der Waals surface area contributed by atoms with Crippen molar-refractivity contribution in [3.8, 4) is 5.75 Å². The lowest BCUT2D eigenvalue weighted by Gasteiger charge is -2.64. The van der Waals surface area contributed by atoms with Crippen molar-refractivity contribution < 1.29 is 14.3 Å². The van der Waals surface area contributed by atoms with Crippen LogP contribution in [0.25, 0.3) is 0 Å². The molecule has 2 aliphatic carbocycles. The lowest BCUT2D eigenvalue weighted by atomic mass is 9.52. The van der Waals surface area contributed by atoms with E-state index in [-0.39, 0.29) is 23.0 Å². The van der Waals surface area contributed by atoms with Gasteiger partial charge in [0.15, 0.2) is 0 Å². The number of rotatable bonds is 2. The van der Waals surface area contributed by atoms with Crippen LogP contribution in [-0.2, 0) is 21.4 Å². The lowest BCUT2D eigenvalue weighted by Crippen LogP contribution is -2.73. The number of carbonyl (C=O) groups is 1. The predicted molar refractivity (Wildman–Crippen MR) is 94.8 cm³/mol. The van der Waals surface area contributed by atoms with E-state index in [2.05, 4.69) is 30.0 Å². The van der Waals surface area contributed by atoms with Gasteiger partial charge in [0.25, 0.3) is 0 Å². The molecule has 1 saturated carbocycles. The van der Waals surface area contributed by atoms with Crippen molar-refractivity contribution in [3.63, 3.8) is 0 Å². The summed E-state index contributed by atoms with van der Waals surface area (Å²) >= 11 is 0.